The maximum Gasteiger partial charge on any atom is 0.407 e. The second-order valence-corrected chi connectivity index (χ2v) is 6.22. The normalized spacial score (nSPS) is 12.7. The molecule has 2 aromatic rings. The van der Waals surface area contributed by atoms with E-state index in [2.05, 4.69) is 15.0 Å². The predicted molar refractivity (Wildman–Crippen MR) is 101 cm³/mol. The van der Waals surface area contributed by atoms with Crippen LogP contribution in [0.25, 0.3) is 0 Å². The Kier molecular flexibility index (Phi) is 7.91. The Morgan fingerprint density at radius 1 is 1.21 bits per heavy atom. The van der Waals surface area contributed by atoms with Crippen LogP contribution in [0.3, 0.4) is 0 Å². The fourth-order valence-electron chi connectivity index (χ4n) is 2.54. The van der Waals surface area contributed by atoms with Crippen molar-refractivity contribution in [2.24, 2.45) is 0 Å². The van der Waals surface area contributed by atoms with E-state index < -0.39 is 24.3 Å². The van der Waals surface area contributed by atoms with Crippen LogP contribution in [0.4, 0.5) is 4.79 Å². The van der Waals surface area contributed by atoms with E-state index in [9.17, 15) is 19.8 Å². The first-order valence-electron chi connectivity index (χ1n) is 8.78. The number of nitrogens with one attached hydrogen (secondary N) is 1. The molecule has 8 heteroatoms. The number of benzene rings is 1. The number of aliphatic hydroxyl groups is 2. The molecule has 2 unspecified atom stereocenters. The molecule has 1 aromatic heterocycles. The van der Waals surface area contributed by atoms with E-state index in [1.54, 1.807) is 13.0 Å². The summed E-state index contributed by atoms with van der Waals surface area (Å²) in [7, 11) is 1.26. The van der Waals surface area contributed by atoms with Crippen LogP contribution >= 0.6 is 0 Å². The molecule has 0 fully saturated rings. The molecule has 0 aliphatic heterocycles. The lowest BCUT2D eigenvalue weighted by molar-refractivity contribution is 0.0134. The third-order valence-electron chi connectivity index (χ3n) is 4.11. The molecule has 150 valence electrons. The number of pyridine rings is 1. The molecule has 0 spiro atoms. The largest absolute Gasteiger partial charge is 0.464 e. The van der Waals surface area contributed by atoms with Crippen LogP contribution in [0.1, 0.15) is 39.7 Å². The number of aromatic nitrogens is 1. The number of carbonyl (C=O) groups excluding carboxylic acids is 2. The molecule has 8 nitrogen and oxygen atoms in total. The number of carbonyl (C=O) groups is 2. The maximum atomic E-state index is 11.7. The van der Waals surface area contributed by atoms with Crippen molar-refractivity contribution in [3.63, 3.8) is 0 Å². The van der Waals surface area contributed by atoms with Gasteiger partial charge in [0.05, 0.1) is 13.2 Å². The second-order valence-electron chi connectivity index (χ2n) is 6.22. The summed E-state index contributed by atoms with van der Waals surface area (Å²) in [6.45, 7) is 1.93. The van der Waals surface area contributed by atoms with E-state index in [-0.39, 0.29) is 25.3 Å². The van der Waals surface area contributed by atoms with Gasteiger partial charge in [-0.05, 0) is 30.5 Å². The van der Waals surface area contributed by atoms with Gasteiger partial charge in [-0.2, -0.15) is 0 Å². The molecule has 0 saturated heterocycles. The highest BCUT2D eigenvalue weighted by molar-refractivity contribution is 5.88. The molecule has 0 aliphatic carbocycles. The molecular formula is C20H24N2O6. The quantitative estimate of drug-likeness (QED) is 0.591. The summed E-state index contributed by atoms with van der Waals surface area (Å²) in [6.07, 6.45) is -1.52. The first-order valence-corrected chi connectivity index (χ1v) is 8.78. The van der Waals surface area contributed by atoms with Gasteiger partial charge in [0.25, 0.3) is 0 Å². The number of amides is 1. The first-order chi connectivity index (χ1) is 13.4. The molecule has 0 saturated carbocycles. The number of hydrogen-bond donors (Lipinski definition) is 3. The topological polar surface area (TPSA) is 118 Å². The summed E-state index contributed by atoms with van der Waals surface area (Å²) in [5.41, 5.74) is 1.91. The standard InChI is InChI=1S/C20H24N2O6/c1-13-10-15(11-22-17(13)19(25)27-2)18(24)16(23)8-9-21-20(26)28-12-14-6-4-3-5-7-14/h3-7,10-11,16,18,23-24H,8-9,12H2,1-2H3,(H,21,26). The fourth-order valence-corrected chi connectivity index (χ4v) is 2.54. The van der Waals surface area contributed by atoms with Crippen LogP contribution in [0.15, 0.2) is 42.6 Å². The predicted octanol–water partition coefficient (Wildman–Crippen LogP) is 1.89. The molecule has 28 heavy (non-hydrogen) atoms. The summed E-state index contributed by atoms with van der Waals surface area (Å²) in [5, 5.41) is 22.9. The number of ether oxygens (including phenoxy) is 2. The molecule has 0 aliphatic rings. The lowest BCUT2D eigenvalue weighted by Crippen LogP contribution is -2.29. The molecule has 1 amide bonds. The minimum Gasteiger partial charge on any atom is -0.464 e. The molecule has 3 N–H and O–H groups in total. The van der Waals surface area contributed by atoms with Crippen molar-refractivity contribution in [2.45, 2.75) is 32.2 Å². The molecule has 1 aromatic carbocycles. The average Bonchev–Trinajstić information content (AvgIpc) is 2.71. The van der Waals surface area contributed by atoms with Gasteiger partial charge >= 0.3 is 12.1 Å². The number of methoxy groups -OCH3 is 1. The number of alkyl carbamates (subject to hydrolysis) is 1. The van der Waals surface area contributed by atoms with E-state index in [4.69, 9.17) is 4.74 Å². The number of aliphatic hydroxyl groups excluding tert-OH is 2. The van der Waals surface area contributed by atoms with E-state index in [0.29, 0.717) is 11.1 Å². The number of nitrogens with zero attached hydrogens (tertiary/aromatic N) is 1. The lowest BCUT2D eigenvalue weighted by Gasteiger charge is -2.19. The lowest BCUT2D eigenvalue weighted by atomic mass is 10.0. The Morgan fingerprint density at radius 2 is 1.93 bits per heavy atom. The van der Waals surface area contributed by atoms with E-state index in [1.807, 2.05) is 30.3 Å². The van der Waals surface area contributed by atoms with Crippen LogP contribution < -0.4 is 5.32 Å². The molecule has 0 bridgehead atoms. The fraction of sp³-hybridized carbons (Fsp3) is 0.350. The Morgan fingerprint density at radius 3 is 2.57 bits per heavy atom. The monoisotopic (exact) mass is 388 g/mol. The van der Waals surface area contributed by atoms with E-state index >= 15 is 0 Å². The molecule has 1 heterocycles. The summed E-state index contributed by atoms with van der Waals surface area (Å²) in [5.74, 6) is -0.572. The second kappa shape index (κ2) is 10.4. The summed E-state index contributed by atoms with van der Waals surface area (Å²) in [6, 6.07) is 10.8. The van der Waals surface area contributed by atoms with Gasteiger partial charge in [0, 0.05) is 18.3 Å². The van der Waals surface area contributed by atoms with Crippen molar-refractivity contribution in [1.29, 1.82) is 0 Å². The third kappa shape index (κ3) is 6.04. The number of rotatable bonds is 8. The molecule has 2 rings (SSSR count). The smallest absolute Gasteiger partial charge is 0.407 e. The van der Waals surface area contributed by atoms with Gasteiger partial charge in [-0.25, -0.2) is 14.6 Å². The van der Waals surface area contributed by atoms with Gasteiger partial charge in [-0.1, -0.05) is 30.3 Å². The highest BCUT2D eigenvalue weighted by Crippen LogP contribution is 2.20. The van der Waals surface area contributed by atoms with Crippen molar-refractivity contribution in [2.75, 3.05) is 13.7 Å². The van der Waals surface area contributed by atoms with Crippen molar-refractivity contribution >= 4 is 12.1 Å². The first kappa shape index (κ1) is 21.3. The van der Waals surface area contributed by atoms with Crippen LogP contribution in [-0.2, 0) is 16.1 Å². The highest BCUT2D eigenvalue weighted by Gasteiger charge is 2.21. The third-order valence-corrected chi connectivity index (χ3v) is 4.11. The van der Waals surface area contributed by atoms with Gasteiger partial charge in [0.15, 0.2) is 5.69 Å². The Labute approximate surface area is 163 Å². The van der Waals surface area contributed by atoms with Crippen LogP contribution in [0.5, 0.6) is 0 Å². The van der Waals surface area contributed by atoms with Gasteiger partial charge in [0.1, 0.15) is 12.7 Å². The number of aryl methyl sites for hydroxylation is 1. The Bertz CT molecular complexity index is 797. The van der Waals surface area contributed by atoms with Crippen LogP contribution in [0, 0.1) is 6.92 Å². The zero-order valence-corrected chi connectivity index (χ0v) is 15.8. The summed E-state index contributed by atoms with van der Waals surface area (Å²) >= 11 is 0. The summed E-state index contributed by atoms with van der Waals surface area (Å²) < 4.78 is 9.69. The highest BCUT2D eigenvalue weighted by atomic mass is 16.5. The van der Waals surface area contributed by atoms with E-state index in [0.717, 1.165) is 5.56 Å². The zero-order chi connectivity index (χ0) is 20.5. The van der Waals surface area contributed by atoms with Crippen molar-refractivity contribution < 1.29 is 29.3 Å². The molecule has 2 atom stereocenters. The number of esters is 1. The average molecular weight is 388 g/mol. The van der Waals surface area contributed by atoms with Gasteiger partial charge in [0.2, 0.25) is 0 Å². The Balaban J connectivity index is 1.79. The van der Waals surface area contributed by atoms with Gasteiger partial charge in [-0.15, -0.1) is 0 Å². The number of hydrogen-bond acceptors (Lipinski definition) is 7. The van der Waals surface area contributed by atoms with Crippen LogP contribution in [-0.4, -0.2) is 47.0 Å². The molecule has 0 radical (unpaired) electrons. The van der Waals surface area contributed by atoms with Crippen LogP contribution in [0.2, 0.25) is 0 Å². The van der Waals surface area contributed by atoms with Crippen molar-refractivity contribution in [3.8, 4) is 0 Å². The zero-order valence-electron chi connectivity index (χ0n) is 15.8. The SMILES string of the molecule is COC(=O)c1ncc(C(O)C(O)CCNC(=O)OCc2ccccc2)cc1C. The summed E-state index contributed by atoms with van der Waals surface area (Å²) in [4.78, 5) is 27.2. The maximum absolute atomic E-state index is 11.7. The van der Waals surface area contributed by atoms with Gasteiger partial charge < -0.3 is 25.0 Å². The van der Waals surface area contributed by atoms with E-state index in [1.165, 1.54) is 13.3 Å². The minimum atomic E-state index is -1.21. The van der Waals surface area contributed by atoms with Crippen molar-refractivity contribution in [1.82, 2.24) is 10.3 Å². The van der Waals surface area contributed by atoms with Gasteiger partial charge in [-0.3, -0.25) is 0 Å². The minimum absolute atomic E-state index is 0.111. The van der Waals surface area contributed by atoms with Crippen molar-refractivity contribution in [3.05, 3.63) is 65.0 Å². The Hall–Kier alpha value is -2.97. The molecular weight excluding hydrogens is 364 g/mol.